The number of allylic oxidation sites excluding steroid dienone is 1. The van der Waals surface area contributed by atoms with Crippen molar-refractivity contribution in [2.24, 2.45) is 5.92 Å². The summed E-state index contributed by atoms with van der Waals surface area (Å²) in [4.78, 5) is 2.69. The quantitative estimate of drug-likeness (QED) is 0.797. The predicted octanol–water partition coefficient (Wildman–Crippen LogP) is 3.07. The molecule has 4 aliphatic rings. The molecule has 5 rings (SSSR count). The minimum absolute atomic E-state index is 0.129. The first-order valence-corrected chi connectivity index (χ1v) is 8.67. The molecule has 3 aliphatic heterocycles. The van der Waals surface area contributed by atoms with Crippen LogP contribution in [0.15, 0.2) is 24.0 Å². The van der Waals surface area contributed by atoms with Crippen molar-refractivity contribution >= 4 is 0 Å². The summed E-state index contributed by atoms with van der Waals surface area (Å²) >= 11 is 0. The van der Waals surface area contributed by atoms with E-state index in [0.29, 0.717) is 18.6 Å². The molecule has 3 atom stereocenters. The van der Waals surface area contributed by atoms with Crippen molar-refractivity contribution in [1.29, 1.82) is 0 Å². The highest BCUT2D eigenvalue weighted by Gasteiger charge is 2.55. The van der Waals surface area contributed by atoms with Gasteiger partial charge in [-0.15, -0.1) is 0 Å². The minimum Gasteiger partial charge on any atom is -0.501 e. The summed E-state index contributed by atoms with van der Waals surface area (Å²) < 4.78 is 17.0. The Labute approximate surface area is 137 Å². The summed E-state index contributed by atoms with van der Waals surface area (Å²) in [6.45, 7) is 4.96. The van der Waals surface area contributed by atoms with E-state index in [2.05, 4.69) is 30.0 Å². The first-order valence-electron chi connectivity index (χ1n) is 8.67. The van der Waals surface area contributed by atoms with E-state index >= 15 is 0 Å². The molecule has 1 fully saturated rings. The zero-order valence-electron chi connectivity index (χ0n) is 13.8. The number of hydrogen-bond donors (Lipinski definition) is 0. The van der Waals surface area contributed by atoms with Crippen molar-refractivity contribution in [2.45, 2.75) is 37.6 Å². The van der Waals surface area contributed by atoms with Crippen molar-refractivity contribution in [3.05, 3.63) is 35.1 Å². The number of methoxy groups -OCH3 is 1. The molecule has 0 saturated carbocycles. The molecule has 1 unspecified atom stereocenters. The van der Waals surface area contributed by atoms with Crippen LogP contribution < -0.4 is 9.47 Å². The molecule has 1 spiro atoms. The Kier molecular flexibility index (Phi) is 2.79. The van der Waals surface area contributed by atoms with Gasteiger partial charge in [-0.05, 0) is 55.1 Å². The van der Waals surface area contributed by atoms with Crippen molar-refractivity contribution in [3.63, 3.8) is 0 Å². The van der Waals surface area contributed by atoms with Crippen LogP contribution in [0.3, 0.4) is 0 Å². The maximum atomic E-state index is 5.75. The Morgan fingerprint density at radius 2 is 2.04 bits per heavy atom. The smallest absolute Gasteiger partial charge is 0.231 e. The van der Waals surface area contributed by atoms with Gasteiger partial charge in [-0.25, -0.2) is 0 Å². The number of rotatable bonds is 1. The number of fused-ring (bicyclic) bond motifs is 3. The lowest BCUT2D eigenvalue weighted by molar-refractivity contribution is 0.154. The van der Waals surface area contributed by atoms with Gasteiger partial charge in [0.25, 0.3) is 0 Å². The SMILES string of the molecule is COC1=C[C@]23CCCN2CCc2cc4c(cc2[C@@H]3C1C)OCO4. The molecule has 0 aromatic heterocycles. The van der Waals surface area contributed by atoms with Crippen molar-refractivity contribution in [1.82, 2.24) is 4.90 Å². The van der Waals surface area contributed by atoms with Crippen molar-refractivity contribution in [2.75, 3.05) is 27.0 Å². The maximum absolute atomic E-state index is 5.75. The van der Waals surface area contributed by atoms with E-state index in [4.69, 9.17) is 14.2 Å². The second-order valence-electron chi connectivity index (χ2n) is 7.25. The zero-order chi connectivity index (χ0) is 15.6. The van der Waals surface area contributed by atoms with Crippen molar-refractivity contribution < 1.29 is 14.2 Å². The average Bonchev–Trinajstić information content (AvgIpc) is 3.21. The van der Waals surface area contributed by atoms with Crippen LogP contribution in [0.1, 0.15) is 36.8 Å². The van der Waals surface area contributed by atoms with Gasteiger partial charge in [-0.2, -0.15) is 0 Å². The minimum atomic E-state index is 0.129. The van der Waals surface area contributed by atoms with Crippen LogP contribution in [0.5, 0.6) is 11.5 Å². The van der Waals surface area contributed by atoms with Crippen LogP contribution in [-0.4, -0.2) is 37.4 Å². The fourth-order valence-electron chi connectivity index (χ4n) is 5.36. The first kappa shape index (κ1) is 13.7. The van der Waals surface area contributed by atoms with Crippen LogP contribution >= 0.6 is 0 Å². The standard InChI is InChI=1S/C19H23NO3/c1-12-17(21-2)10-19-5-3-6-20(19)7-4-13-8-15-16(23-11-22-15)9-14(13)18(12)19/h8-10,12,18H,3-7,11H2,1-2H3/t12?,18-,19-/m0/s1. The summed E-state index contributed by atoms with van der Waals surface area (Å²) in [5.74, 6) is 3.81. The Bertz CT molecular complexity index is 698. The molecular weight excluding hydrogens is 290 g/mol. The van der Waals surface area contributed by atoms with Gasteiger partial charge in [0.15, 0.2) is 11.5 Å². The number of nitrogens with zero attached hydrogens (tertiary/aromatic N) is 1. The Hall–Kier alpha value is -1.68. The predicted molar refractivity (Wildman–Crippen MR) is 86.8 cm³/mol. The summed E-state index contributed by atoms with van der Waals surface area (Å²) in [6.07, 6.45) is 6.02. The summed E-state index contributed by atoms with van der Waals surface area (Å²) in [5, 5.41) is 0. The lowest BCUT2D eigenvalue weighted by Gasteiger charge is -2.39. The third-order valence-electron chi connectivity index (χ3n) is 6.33. The molecule has 1 aliphatic carbocycles. The van der Waals surface area contributed by atoms with Crippen LogP contribution in [0.25, 0.3) is 0 Å². The number of ether oxygens (including phenoxy) is 3. The number of hydrogen-bond acceptors (Lipinski definition) is 4. The zero-order valence-corrected chi connectivity index (χ0v) is 13.8. The lowest BCUT2D eigenvalue weighted by atomic mass is 9.75. The maximum Gasteiger partial charge on any atom is 0.231 e. The molecule has 4 heteroatoms. The summed E-state index contributed by atoms with van der Waals surface area (Å²) in [5.41, 5.74) is 2.99. The fourth-order valence-corrected chi connectivity index (χ4v) is 5.36. The van der Waals surface area contributed by atoms with E-state index in [0.717, 1.165) is 30.2 Å². The van der Waals surface area contributed by atoms with Crippen molar-refractivity contribution in [3.8, 4) is 11.5 Å². The third kappa shape index (κ3) is 1.70. The monoisotopic (exact) mass is 313 g/mol. The molecule has 0 amide bonds. The lowest BCUT2D eigenvalue weighted by Crippen LogP contribution is -2.45. The van der Waals surface area contributed by atoms with Crippen LogP contribution in [0.2, 0.25) is 0 Å². The topological polar surface area (TPSA) is 30.9 Å². The summed E-state index contributed by atoms with van der Waals surface area (Å²) in [7, 11) is 1.81. The molecule has 0 N–H and O–H groups in total. The van der Waals surface area contributed by atoms with Gasteiger partial charge >= 0.3 is 0 Å². The van der Waals surface area contributed by atoms with E-state index in [9.17, 15) is 0 Å². The molecule has 1 aromatic rings. The molecule has 3 heterocycles. The van der Waals surface area contributed by atoms with Gasteiger partial charge in [-0.3, -0.25) is 4.90 Å². The highest BCUT2D eigenvalue weighted by molar-refractivity contribution is 5.53. The van der Waals surface area contributed by atoms with Gasteiger partial charge in [0.05, 0.1) is 18.4 Å². The van der Waals surface area contributed by atoms with E-state index in [1.165, 1.54) is 30.5 Å². The highest BCUT2D eigenvalue weighted by Crippen LogP contribution is 2.56. The van der Waals surface area contributed by atoms with Crippen LogP contribution in [0.4, 0.5) is 0 Å². The van der Waals surface area contributed by atoms with E-state index in [-0.39, 0.29) is 5.54 Å². The van der Waals surface area contributed by atoms with E-state index in [1.807, 2.05) is 7.11 Å². The second-order valence-corrected chi connectivity index (χ2v) is 7.25. The van der Waals surface area contributed by atoms with E-state index in [1.54, 1.807) is 0 Å². The fraction of sp³-hybridized carbons (Fsp3) is 0.579. The first-order chi connectivity index (χ1) is 11.2. The largest absolute Gasteiger partial charge is 0.501 e. The van der Waals surface area contributed by atoms with Gasteiger partial charge in [0.1, 0.15) is 0 Å². The molecule has 0 bridgehead atoms. The molecular formula is C19H23NO3. The Balaban J connectivity index is 1.70. The van der Waals surface area contributed by atoms with Gasteiger partial charge < -0.3 is 14.2 Å². The Morgan fingerprint density at radius 1 is 1.22 bits per heavy atom. The second kappa shape index (κ2) is 4.67. The molecule has 1 aromatic carbocycles. The van der Waals surface area contributed by atoms with Gasteiger partial charge in [0, 0.05) is 18.4 Å². The normalized spacial score (nSPS) is 34.4. The molecule has 4 nitrogen and oxygen atoms in total. The van der Waals surface area contributed by atoms with Crippen LogP contribution in [-0.2, 0) is 11.2 Å². The molecule has 23 heavy (non-hydrogen) atoms. The highest BCUT2D eigenvalue weighted by atomic mass is 16.7. The average molecular weight is 313 g/mol. The molecule has 122 valence electrons. The summed E-state index contributed by atoms with van der Waals surface area (Å²) in [6, 6.07) is 4.46. The third-order valence-corrected chi connectivity index (χ3v) is 6.33. The number of benzene rings is 1. The molecule has 0 radical (unpaired) electrons. The van der Waals surface area contributed by atoms with Gasteiger partial charge in [-0.1, -0.05) is 6.92 Å². The van der Waals surface area contributed by atoms with Crippen LogP contribution in [0, 0.1) is 5.92 Å². The van der Waals surface area contributed by atoms with E-state index < -0.39 is 0 Å². The molecule has 1 saturated heterocycles. The van der Waals surface area contributed by atoms with Gasteiger partial charge in [0.2, 0.25) is 6.79 Å². The Morgan fingerprint density at radius 3 is 2.87 bits per heavy atom.